The molecule has 31 heavy (non-hydrogen) atoms. The zero-order valence-corrected chi connectivity index (χ0v) is 18.8. The molecule has 0 bridgehead atoms. The Balaban J connectivity index is 1.88. The van der Waals surface area contributed by atoms with Crippen LogP contribution in [0.1, 0.15) is 67.9 Å². The van der Waals surface area contributed by atoms with Crippen LogP contribution in [0.15, 0.2) is 54.9 Å². The Labute approximate surface area is 185 Å². The van der Waals surface area contributed by atoms with Gasteiger partial charge in [-0.1, -0.05) is 70.4 Å². The van der Waals surface area contributed by atoms with E-state index in [2.05, 4.69) is 42.9 Å². The first-order valence-electron chi connectivity index (χ1n) is 11.3. The molecule has 2 aromatic carbocycles. The first kappa shape index (κ1) is 22.7. The number of hydrogen-bond acceptors (Lipinski definition) is 3. The minimum atomic E-state index is -0.933. The van der Waals surface area contributed by atoms with Crippen LogP contribution in [-0.4, -0.2) is 21.0 Å². The van der Waals surface area contributed by atoms with Crippen molar-refractivity contribution in [3.05, 3.63) is 71.5 Å². The second-order valence-corrected chi connectivity index (χ2v) is 8.35. The number of carboxylic acid groups (broad SMARTS) is 1. The topological polar surface area (TPSA) is 63.1 Å². The molecule has 0 amide bonds. The lowest BCUT2D eigenvalue weighted by atomic mass is 9.94. The van der Waals surface area contributed by atoms with E-state index in [0.717, 1.165) is 42.4 Å². The third-order valence-corrected chi connectivity index (χ3v) is 5.83. The molecule has 0 aliphatic carbocycles. The summed E-state index contributed by atoms with van der Waals surface area (Å²) in [5, 5.41) is 9.70. The summed E-state index contributed by atoms with van der Waals surface area (Å²) in [5.74, 6) is 0.314. The molecule has 162 valence electrons. The number of carbonyl (C=O) groups is 1. The monoisotopic (exact) mass is 416 g/mol. The summed E-state index contributed by atoms with van der Waals surface area (Å²) >= 11 is 0. The third-order valence-electron chi connectivity index (χ3n) is 5.83. The number of aromatic carboxylic acids is 1. The fourth-order valence-electron chi connectivity index (χ4n) is 3.69. The van der Waals surface area contributed by atoms with Crippen LogP contribution in [0.2, 0.25) is 0 Å². The highest BCUT2D eigenvalue weighted by Crippen LogP contribution is 2.29. The van der Waals surface area contributed by atoms with Crippen molar-refractivity contribution in [1.29, 1.82) is 0 Å². The molecule has 0 aliphatic rings. The Bertz CT molecular complexity index is 995. The van der Waals surface area contributed by atoms with E-state index in [1.165, 1.54) is 18.4 Å². The minimum absolute atomic E-state index is 0.287. The van der Waals surface area contributed by atoms with Gasteiger partial charge in [0.2, 0.25) is 0 Å². The number of benzene rings is 2. The summed E-state index contributed by atoms with van der Waals surface area (Å²) in [6.45, 7) is 6.63. The van der Waals surface area contributed by atoms with Crippen molar-refractivity contribution in [3.63, 3.8) is 0 Å². The number of rotatable bonds is 10. The molecule has 1 aromatic heterocycles. The van der Waals surface area contributed by atoms with Crippen LogP contribution in [-0.2, 0) is 12.8 Å². The van der Waals surface area contributed by atoms with E-state index in [9.17, 15) is 9.90 Å². The second-order valence-electron chi connectivity index (χ2n) is 8.35. The van der Waals surface area contributed by atoms with Crippen LogP contribution in [0.3, 0.4) is 0 Å². The summed E-state index contributed by atoms with van der Waals surface area (Å²) < 4.78 is 0. The molecule has 3 rings (SSSR count). The van der Waals surface area contributed by atoms with Crippen LogP contribution < -0.4 is 0 Å². The van der Waals surface area contributed by atoms with Gasteiger partial charge in [-0.2, -0.15) is 0 Å². The highest BCUT2D eigenvalue weighted by atomic mass is 16.4. The summed E-state index contributed by atoms with van der Waals surface area (Å²) in [6.07, 6.45) is 10.5. The van der Waals surface area contributed by atoms with Crippen molar-refractivity contribution in [2.24, 2.45) is 5.92 Å². The Morgan fingerprint density at radius 2 is 1.61 bits per heavy atom. The van der Waals surface area contributed by atoms with Gasteiger partial charge in [-0.05, 0) is 59.6 Å². The largest absolute Gasteiger partial charge is 0.478 e. The summed E-state index contributed by atoms with van der Waals surface area (Å²) in [6, 6.07) is 13.6. The van der Waals surface area contributed by atoms with Crippen LogP contribution in [0, 0.1) is 5.92 Å². The molecule has 4 heteroatoms. The standard InChI is InChI=1S/C27H32N2O2/c1-4-6-7-8-21-17-28-26(29-18-21)23-13-14-24(27(30)31)25(16-23)22-11-9-20(10-12-22)15-19(3)5-2/h9-14,16-19H,4-8,15H2,1-3H3,(H,30,31)/t19-/m0/s1. The van der Waals surface area contributed by atoms with Gasteiger partial charge < -0.3 is 5.11 Å². The highest BCUT2D eigenvalue weighted by Gasteiger charge is 2.14. The molecule has 3 aromatic rings. The number of carboxylic acids is 1. The molecular formula is C27H32N2O2. The number of nitrogens with zero attached hydrogens (tertiary/aromatic N) is 2. The second kappa shape index (κ2) is 10.9. The fourth-order valence-corrected chi connectivity index (χ4v) is 3.69. The SMILES string of the molecule is CCCCCc1cnc(-c2ccc(C(=O)O)c(-c3ccc(C[C@@H](C)CC)cc3)c2)nc1. The Hall–Kier alpha value is -3.01. The van der Waals surface area contributed by atoms with E-state index in [1.807, 2.05) is 30.6 Å². The molecule has 1 N–H and O–H groups in total. The average Bonchev–Trinajstić information content (AvgIpc) is 2.79. The molecule has 0 aliphatic heterocycles. The predicted molar refractivity (Wildman–Crippen MR) is 126 cm³/mol. The van der Waals surface area contributed by atoms with E-state index in [4.69, 9.17) is 0 Å². The van der Waals surface area contributed by atoms with Crippen molar-refractivity contribution >= 4 is 5.97 Å². The van der Waals surface area contributed by atoms with Gasteiger partial charge in [0.25, 0.3) is 0 Å². The van der Waals surface area contributed by atoms with Crippen molar-refractivity contribution < 1.29 is 9.90 Å². The van der Waals surface area contributed by atoms with Gasteiger partial charge in [0.15, 0.2) is 5.82 Å². The quantitative estimate of drug-likeness (QED) is 0.368. The van der Waals surface area contributed by atoms with E-state index in [1.54, 1.807) is 12.1 Å². The van der Waals surface area contributed by atoms with E-state index in [-0.39, 0.29) is 5.56 Å². The van der Waals surface area contributed by atoms with Gasteiger partial charge in [-0.15, -0.1) is 0 Å². The predicted octanol–water partition coefficient (Wildman–Crippen LogP) is 6.83. The molecule has 0 saturated heterocycles. The molecule has 0 radical (unpaired) electrons. The summed E-state index contributed by atoms with van der Waals surface area (Å²) in [4.78, 5) is 20.9. The number of hydrogen-bond donors (Lipinski definition) is 1. The molecule has 1 atom stereocenters. The molecule has 4 nitrogen and oxygen atoms in total. The molecule has 0 unspecified atom stereocenters. The lowest BCUT2D eigenvalue weighted by Crippen LogP contribution is -2.01. The van der Waals surface area contributed by atoms with Crippen molar-refractivity contribution in [2.45, 2.75) is 59.3 Å². The smallest absolute Gasteiger partial charge is 0.336 e. The van der Waals surface area contributed by atoms with Crippen molar-refractivity contribution in [3.8, 4) is 22.5 Å². The van der Waals surface area contributed by atoms with Gasteiger partial charge in [0.05, 0.1) is 5.56 Å². The van der Waals surface area contributed by atoms with Gasteiger partial charge in [0, 0.05) is 18.0 Å². The van der Waals surface area contributed by atoms with Gasteiger partial charge >= 0.3 is 5.97 Å². The maximum Gasteiger partial charge on any atom is 0.336 e. The zero-order chi connectivity index (χ0) is 22.2. The molecule has 0 fully saturated rings. The normalized spacial score (nSPS) is 12.0. The maximum absolute atomic E-state index is 11.8. The average molecular weight is 417 g/mol. The Morgan fingerprint density at radius 3 is 2.23 bits per heavy atom. The van der Waals surface area contributed by atoms with Gasteiger partial charge in [-0.3, -0.25) is 0 Å². The van der Waals surface area contributed by atoms with E-state index < -0.39 is 5.97 Å². The van der Waals surface area contributed by atoms with E-state index >= 15 is 0 Å². The third kappa shape index (κ3) is 6.00. The zero-order valence-electron chi connectivity index (χ0n) is 18.8. The van der Waals surface area contributed by atoms with Crippen LogP contribution in [0.5, 0.6) is 0 Å². The first-order chi connectivity index (χ1) is 15.0. The summed E-state index contributed by atoms with van der Waals surface area (Å²) in [7, 11) is 0. The summed E-state index contributed by atoms with van der Waals surface area (Å²) in [5.41, 5.74) is 5.10. The van der Waals surface area contributed by atoms with Gasteiger partial charge in [0.1, 0.15) is 0 Å². The number of unbranched alkanes of at least 4 members (excludes halogenated alkanes) is 2. The molecule has 0 spiro atoms. The highest BCUT2D eigenvalue weighted by molar-refractivity contribution is 5.97. The van der Waals surface area contributed by atoms with Crippen molar-refractivity contribution in [2.75, 3.05) is 0 Å². The van der Waals surface area contributed by atoms with Crippen LogP contribution in [0.25, 0.3) is 22.5 Å². The van der Waals surface area contributed by atoms with Crippen LogP contribution >= 0.6 is 0 Å². The lowest BCUT2D eigenvalue weighted by Gasteiger charge is -2.12. The number of aryl methyl sites for hydroxylation is 1. The maximum atomic E-state index is 11.8. The van der Waals surface area contributed by atoms with Crippen LogP contribution in [0.4, 0.5) is 0 Å². The molecular weight excluding hydrogens is 384 g/mol. The van der Waals surface area contributed by atoms with E-state index in [0.29, 0.717) is 17.3 Å². The number of aromatic nitrogens is 2. The Kier molecular flexibility index (Phi) is 7.94. The minimum Gasteiger partial charge on any atom is -0.478 e. The fraction of sp³-hybridized carbons (Fsp3) is 0.370. The molecule has 1 heterocycles. The Morgan fingerprint density at radius 1 is 0.935 bits per heavy atom. The first-order valence-corrected chi connectivity index (χ1v) is 11.3. The molecule has 0 saturated carbocycles. The lowest BCUT2D eigenvalue weighted by molar-refractivity contribution is 0.0697. The van der Waals surface area contributed by atoms with Gasteiger partial charge in [-0.25, -0.2) is 14.8 Å². The van der Waals surface area contributed by atoms with Crippen molar-refractivity contribution in [1.82, 2.24) is 9.97 Å².